The third-order valence-corrected chi connectivity index (χ3v) is 3.65. The SMILES string of the molecule is O=C(O)/C=C/C=C/c1ccc(C2CCCCC2)cc1. The topological polar surface area (TPSA) is 37.3 Å². The van der Waals surface area contributed by atoms with Crippen LogP contribution in [0.25, 0.3) is 6.08 Å². The van der Waals surface area contributed by atoms with Crippen LogP contribution >= 0.6 is 0 Å². The van der Waals surface area contributed by atoms with Crippen molar-refractivity contribution in [3.63, 3.8) is 0 Å². The summed E-state index contributed by atoms with van der Waals surface area (Å²) >= 11 is 0. The number of rotatable bonds is 4. The van der Waals surface area contributed by atoms with Gasteiger partial charge in [-0.25, -0.2) is 4.79 Å². The van der Waals surface area contributed by atoms with E-state index in [4.69, 9.17) is 5.11 Å². The molecule has 1 aliphatic rings. The van der Waals surface area contributed by atoms with Gasteiger partial charge in [0, 0.05) is 6.08 Å². The van der Waals surface area contributed by atoms with Crippen molar-refractivity contribution in [2.45, 2.75) is 38.0 Å². The van der Waals surface area contributed by atoms with Crippen molar-refractivity contribution in [1.29, 1.82) is 0 Å². The van der Waals surface area contributed by atoms with Crippen LogP contribution in [-0.2, 0) is 4.79 Å². The molecule has 0 aliphatic heterocycles. The molecular weight excluding hydrogens is 236 g/mol. The monoisotopic (exact) mass is 256 g/mol. The molecule has 1 aromatic rings. The van der Waals surface area contributed by atoms with Gasteiger partial charge in [0.1, 0.15) is 0 Å². The molecule has 1 aromatic carbocycles. The van der Waals surface area contributed by atoms with Crippen molar-refractivity contribution in [2.24, 2.45) is 0 Å². The number of aliphatic carboxylic acids is 1. The Kier molecular flexibility index (Phi) is 4.96. The van der Waals surface area contributed by atoms with Gasteiger partial charge in [-0.1, -0.05) is 61.8 Å². The second-order valence-corrected chi connectivity index (χ2v) is 5.06. The molecule has 1 saturated carbocycles. The number of hydrogen-bond acceptors (Lipinski definition) is 1. The molecule has 2 heteroatoms. The fourth-order valence-corrected chi connectivity index (χ4v) is 2.62. The molecule has 0 bridgehead atoms. The lowest BCUT2D eigenvalue weighted by Gasteiger charge is -2.21. The van der Waals surface area contributed by atoms with Crippen molar-refractivity contribution in [3.8, 4) is 0 Å². The normalized spacial score (nSPS) is 17.3. The summed E-state index contributed by atoms with van der Waals surface area (Å²) in [4.78, 5) is 10.3. The summed E-state index contributed by atoms with van der Waals surface area (Å²) < 4.78 is 0. The highest BCUT2D eigenvalue weighted by molar-refractivity contribution is 5.80. The van der Waals surface area contributed by atoms with Crippen LogP contribution in [0.1, 0.15) is 49.1 Å². The fraction of sp³-hybridized carbons (Fsp3) is 0.353. The van der Waals surface area contributed by atoms with Crippen LogP contribution in [0.5, 0.6) is 0 Å². The summed E-state index contributed by atoms with van der Waals surface area (Å²) in [5.74, 6) is -0.184. The lowest BCUT2D eigenvalue weighted by Crippen LogP contribution is -2.04. The third-order valence-electron chi connectivity index (χ3n) is 3.65. The third kappa shape index (κ3) is 4.40. The fourth-order valence-electron chi connectivity index (χ4n) is 2.62. The molecule has 100 valence electrons. The molecule has 0 spiro atoms. The Bertz CT molecular complexity index is 463. The summed E-state index contributed by atoms with van der Waals surface area (Å²) in [5.41, 5.74) is 2.55. The average Bonchev–Trinajstić information content (AvgIpc) is 2.45. The molecule has 2 rings (SSSR count). The van der Waals surface area contributed by atoms with E-state index in [0.29, 0.717) is 0 Å². The van der Waals surface area contributed by atoms with Gasteiger partial charge in [0.05, 0.1) is 0 Å². The van der Waals surface area contributed by atoms with E-state index in [-0.39, 0.29) is 0 Å². The number of benzene rings is 1. The van der Waals surface area contributed by atoms with Gasteiger partial charge in [-0.15, -0.1) is 0 Å². The predicted octanol–water partition coefficient (Wildman–Crippen LogP) is 4.39. The van der Waals surface area contributed by atoms with E-state index in [1.165, 1.54) is 43.7 Å². The molecule has 1 fully saturated rings. The minimum atomic E-state index is -0.919. The first kappa shape index (κ1) is 13.6. The molecule has 0 heterocycles. The lowest BCUT2D eigenvalue weighted by atomic mass is 9.84. The molecule has 1 N–H and O–H groups in total. The number of allylic oxidation sites excluding steroid dienone is 2. The van der Waals surface area contributed by atoms with Crippen molar-refractivity contribution < 1.29 is 9.90 Å². The Morgan fingerprint density at radius 2 is 1.74 bits per heavy atom. The van der Waals surface area contributed by atoms with Gasteiger partial charge in [0.25, 0.3) is 0 Å². The quantitative estimate of drug-likeness (QED) is 0.641. The zero-order valence-corrected chi connectivity index (χ0v) is 11.1. The van der Waals surface area contributed by atoms with Crippen LogP contribution in [-0.4, -0.2) is 11.1 Å². The van der Waals surface area contributed by atoms with Crippen LogP contribution < -0.4 is 0 Å². The van der Waals surface area contributed by atoms with E-state index in [0.717, 1.165) is 17.6 Å². The second-order valence-electron chi connectivity index (χ2n) is 5.06. The molecule has 0 unspecified atom stereocenters. The van der Waals surface area contributed by atoms with Crippen molar-refractivity contribution in [3.05, 3.63) is 53.6 Å². The van der Waals surface area contributed by atoms with Crippen LogP contribution in [0.3, 0.4) is 0 Å². The van der Waals surface area contributed by atoms with Gasteiger partial charge in [0.15, 0.2) is 0 Å². The smallest absolute Gasteiger partial charge is 0.328 e. The molecular formula is C17H20O2. The minimum Gasteiger partial charge on any atom is -0.478 e. The van der Waals surface area contributed by atoms with Gasteiger partial charge in [-0.3, -0.25) is 0 Å². The van der Waals surface area contributed by atoms with E-state index in [2.05, 4.69) is 24.3 Å². The predicted molar refractivity (Wildman–Crippen MR) is 78.1 cm³/mol. The minimum absolute atomic E-state index is 0.735. The molecule has 2 nitrogen and oxygen atoms in total. The van der Waals surface area contributed by atoms with E-state index in [9.17, 15) is 4.79 Å². The van der Waals surface area contributed by atoms with Gasteiger partial charge in [0.2, 0.25) is 0 Å². The number of carboxylic acid groups (broad SMARTS) is 1. The van der Waals surface area contributed by atoms with E-state index >= 15 is 0 Å². The van der Waals surface area contributed by atoms with Crippen LogP contribution in [0, 0.1) is 0 Å². The zero-order valence-electron chi connectivity index (χ0n) is 11.1. The van der Waals surface area contributed by atoms with Crippen LogP contribution in [0.2, 0.25) is 0 Å². The summed E-state index contributed by atoms with van der Waals surface area (Å²) in [6.45, 7) is 0. The van der Waals surface area contributed by atoms with E-state index in [1.54, 1.807) is 6.08 Å². The second kappa shape index (κ2) is 6.93. The van der Waals surface area contributed by atoms with Crippen molar-refractivity contribution >= 4 is 12.0 Å². The highest BCUT2D eigenvalue weighted by atomic mass is 16.4. The number of carboxylic acids is 1. The van der Waals surface area contributed by atoms with Gasteiger partial charge in [-0.2, -0.15) is 0 Å². The Balaban J connectivity index is 1.96. The molecule has 1 aliphatic carbocycles. The lowest BCUT2D eigenvalue weighted by molar-refractivity contribution is -0.131. The van der Waals surface area contributed by atoms with Gasteiger partial charge in [-0.05, 0) is 29.9 Å². The highest BCUT2D eigenvalue weighted by Crippen LogP contribution is 2.32. The Hall–Kier alpha value is -1.83. The van der Waals surface area contributed by atoms with Crippen LogP contribution in [0.4, 0.5) is 0 Å². The maximum atomic E-state index is 10.3. The molecule has 19 heavy (non-hydrogen) atoms. The Labute approximate surface area is 114 Å². The van der Waals surface area contributed by atoms with Crippen molar-refractivity contribution in [2.75, 3.05) is 0 Å². The zero-order chi connectivity index (χ0) is 13.5. The summed E-state index contributed by atoms with van der Waals surface area (Å²) in [6.07, 6.45) is 13.1. The number of hydrogen-bond donors (Lipinski definition) is 1. The Morgan fingerprint density at radius 1 is 1.05 bits per heavy atom. The average molecular weight is 256 g/mol. The van der Waals surface area contributed by atoms with Gasteiger partial charge >= 0.3 is 5.97 Å². The first-order chi connectivity index (χ1) is 9.25. The van der Waals surface area contributed by atoms with Gasteiger partial charge < -0.3 is 5.11 Å². The summed E-state index contributed by atoms with van der Waals surface area (Å²) in [6, 6.07) is 8.62. The molecule has 0 aromatic heterocycles. The highest BCUT2D eigenvalue weighted by Gasteiger charge is 2.14. The standard InChI is InChI=1S/C17H20O2/c18-17(19)9-5-4-6-14-10-12-16(13-11-14)15-7-2-1-3-8-15/h4-6,9-13,15H,1-3,7-8H2,(H,18,19)/b6-4+,9-5+. The first-order valence-electron chi connectivity index (χ1n) is 6.93. The summed E-state index contributed by atoms with van der Waals surface area (Å²) in [7, 11) is 0. The largest absolute Gasteiger partial charge is 0.478 e. The molecule has 0 radical (unpaired) electrons. The van der Waals surface area contributed by atoms with E-state index < -0.39 is 5.97 Å². The molecule has 0 amide bonds. The van der Waals surface area contributed by atoms with Crippen molar-refractivity contribution in [1.82, 2.24) is 0 Å². The van der Waals surface area contributed by atoms with E-state index in [1.807, 2.05) is 6.08 Å². The Morgan fingerprint density at radius 3 is 2.37 bits per heavy atom. The van der Waals surface area contributed by atoms with Crippen LogP contribution in [0.15, 0.2) is 42.5 Å². The maximum absolute atomic E-state index is 10.3. The number of carbonyl (C=O) groups is 1. The molecule has 0 atom stereocenters. The summed E-state index contributed by atoms with van der Waals surface area (Å²) in [5, 5.41) is 8.47. The maximum Gasteiger partial charge on any atom is 0.328 e. The molecule has 0 saturated heterocycles. The first-order valence-corrected chi connectivity index (χ1v) is 6.93.